The summed E-state index contributed by atoms with van der Waals surface area (Å²) in [5.74, 6) is -0.326. The van der Waals surface area contributed by atoms with Crippen LogP contribution in [0.15, 0.2) is 17.2 Å². The number of carboxylic acid groups (broad SMARTS) is 1. The first kappa shape index (κ1) is 14.1. The number of H-pyrrole nitrogens is 1. The van der Waals surface area contributed by atoms with Crippen molar-refractivity contribution in [2.75, 3.05) is 5.75 Å². The number of rotatable bonds is 7. The summed E-state index contributed by atoms with van der Waals surface area (Å²) in [5, 5.41) is 13.7. The van der Waals surface area contributed by atoms with Gasteiger partial charge in [0, 0.05) is 17.6 Å². The highest BCUT2D eigenvalue weighted by atomic mass is 32.2. The van der Waals surface area contributed by atoms with Gasteiger partial charge in [-0.1, -0.05) is 0 Å². The molecule has 0 aromatic carbocycles. The quantitative estimate of drug-likeness (QED) is 0.550. The Hall–Kier alpha value is -2.36. The molecule has 106 valence electrons. The van der Waals surface area contributed by atoms with Gasteiger partial charge in [0.25, 0.3) is 11.3 Å². The average Bonchev–Trinajstić information content (AvgIpc) is 2.86. The van der Waals surface area contributed by atoms with E-state index in [1.807, 2.05) is 0 Å². The van der Waals surface area contributed by atoms with Crippen molar-refractivity contribution in [1.82, 2.24) is 24.9 Å². The second kappa shape index (κ2) is 6.19. The van der Waals surface area contributed by atoms with Gasteiger partial charge in [-0.05, 0) is 0 Å². The number of carbonyl (C=O) groups is 2. The Morgan fingerprint density at radius 1 is 1.65 bits per heavy atom. The highest BCUT2D eigenvalue weighted by molar-refractivity contribution is 7.98. The maximum absolute atomic E-state index is 11.7. The molecule has 0 saturated carbocycles. The van der Waals surface area contributed by atoms with Crippen molar-refractivity contribution < 1.29 is 14.7 Å². The molecule has 1 unspecified atom stereocenters. The number of thioether (sulfide) groups is 1. The number of carbonyl (C=O) groups excluding carboxylic acids is 1. The average molecular weight is 297 g/mol. The Morgan fingerprint density at radius 2 is 2.45 bits per heavy atom. The van der Waals surface area contributed by atoms with Crippen LogP contribution in [0, 0.1) is 0 Å². The minimum absolute atomic E-state index is 0.176. The molecule has 2 aromatic heterocycles. The van der Waals surface area contributed by atoms with Crippen molar-refractivity contribution >= 4 is 29.9 Å². The Balaban J connectivity index is 2.00. The fourth-order valence-corrected chi connectivity index (χ4v) is 2.45. The van der Waals surface area contributed by atoms with E-state index < -0.39 is 12.0 Å². The fraction of sp³-hybridized carbons (Fsp3) is 0.300. The van der Waals surface area contributed by atoms with E-state index in [9.17, 15) is 14.4 Å². The number of amides is 1. The van der Waals surface area contributed by atoms with Gasteiger partial charge in [-0.3, -0.25) is 14.7 Å². The number of aromatic nitrogens is 4. The van der Waals surface area contributed by atoms with E-state index in [4.69, 9.17) is 5.11 Å². The standard InChI is InChI=1S/C10H11N5O4S/c16-5-12-7(9(18)19)3-20-2-6-1-8(17)15-10(14-6)11-4-13-15/h1,4-5,7H,2-3H2,(H,12,16)(H,18,19)(H,11,13,14). The van der Waals surface area contributed by atoms with Crippen molar-refractivity contribution in [3.05, 3.63) is 28.4 Å². The zero-order valence-electron chi connectivity index (χ0n) is 10.1. The molecule has 10 heteroatoms. The van der Waals surface area contributed by atoms with Crippen LogP contribution in [-0.4, -0.2) is 48.9 Å². The lowest BCUT2D eigenvalue weighted by atomic mass is 10.3. The summed E-state index contributed by atoms with van der Waals surface area (Å²) in [4.78, 5) is 40.8. The molecule has 0 spiro atoms. The van der Waals surface area contributed by atoms with Crippen molar-refractivity contribution in [3.63, 3.8) is 0 Å². The van der Waals surface area contributed by atoms with Crippen LogP contribution in [0.1, 0.15) is 5.69 Å². The van der Waals surface area contributed by atoms with Crippen molar-refractivity contribution in [3.8, 4) is 0 Å². The molecule has 20 heavy (non-hydrogen) atoms. The van der Waals surface area contributed by atoms with Crippen LogP contribution < -0.4 is 10.9 Å². The van der Waals surface area contributed by atoms with E-state index in [1.54, 1.807) is 0 Å². The van der Waals surface area contributed by atoms with E-state index in [1.165, 1.54) is 28.7 Å². The molecule has 0 fully saturated rings. The first-order valence-corrected chi connectivity index (χ1v) is 6.69. The first-order chi connectivity index (χ1) is 9.61. The Bertz CT molecular complexity index is 682. The zero-order valence-corrected chi connectivity index (χ0v) is 11.0. The molecule has 0 bridgehead atoms. The molecule has 2 rings (SSSR count). The van der Waals surface area contributed by atoms with E-state index >= 15 is 0 Å². The monoisotopic (exact) mass is 297 g/mol. The van der Waals surface area contributed by atoms with Crippen molar-refractivity contribution in [1.29, 1.82) is 0 Å². The molecule has 3 N–H and O–H groups in total. The van der Waals surface area contributed by atoms with Crippen LogP contribution in [0.3, 0.4) is 0 Å². The van der Waals surface area contributed by atoms with E-state index in [0.717, 1.165) is 0 Å². The SMILES string of the molecule is O=CNC(CSCc1cc(=O)n2[nH]cnc2n1)C(=O)O. The normalized spacial score (nSPS) is 12.2. The molecule has 0 saturated heterocycles. The highest BCUT2D eigenvalue weighted by Crippen LogP contribution is 2.10. The molecular weight excluding hydrogens is 286 g/mol. The molecule has 2 heterocycles. The number of aromatic amines is 1. The van der Waals surface area contributed by atoms with Gasteiger partial charge in [-0.2, -0.15) is 16.3 Å². The van der Waals surface area contributed by atoms with Gasteiger partial charge in [-0.15, -0.1) is 0 Å². The third-order valence-electron chi connectivity index (χ3n) is 2.42. The smallest absolute Gasteiger partial charge is 0.327 e. The maximum atomic E-state index is 11.7. The summed E-state index contributed by atoms with van der Waals surface area (Å²) in [7, 11) is 0. The summed E-state index contributed by atoms with van der Waals surface area (Å²) in [6.45, 7) is 0. The molecule has 1 amide bonds. The molecule has 0 radical (unpaired) electrons. The van der Waals surface area contributed by atoms with E-state index in [-0.39, 0.29) is 17.1 Å². The van der Waals surface area contributed by atoms with Crippen molar-refractivity contribution in [2.45, 2.75) is 11.8 Å². The van der Waals surface area contributed by atoms with Crippen LogP contribution in [0.25, 0.3) is 5.78 Å². The van der Waals surface area contributed by atoms with Gasteiger partial charge in [0.15, 0.2) is 0 Å². The molecule has 2 aromatic rings. The molecule has 0 aliphatic rings. The number of hydrogen-bond acceptors (Lipinski definition) is 6. The Morgan fingerprint density at radius 3 is 3.15 bits per heavy atom. The highest BCUT2D eigenvalue weighted by Gasteiger charge is 2.16. The van der Waals surface area contributed by atoms with Gasteiger partial charge in [0.2, 0.25) is 6.41 Å². The summed E-state index contributed by atoms with van der Waals surface area (Å²) >= 11 is 1.25. The molecule has 0 aliphatic heterocycles. The fourth-order valence-electron chi connectivity index (χ4n) is 1.50. The molecule has 1 atom stereocenters. The van der Waals surface area contributed by atoms with Gasteiger partial charge in [-0.25, -0.2) is 14.8 Å². The summed E-state index contributed by atoms with van der Waals surface area (Å²) in [5.41, 5.74) is 0.214. The van der Waals surface area contributed by atoms with Crippen LogP contribution in [-0.2, 0) is 15.3 Å². The first-order valence-electron chi connectivity index (χ1n) is 5.54. The lowest BCUT2D eigenvalue weighted by Gasteiger charge is -2.09. The predicted molar refractivity (Wildman–Crippen MR) is 70.4 cm³/mol. The third-order valence-corrected chi connectivity index (χ3v) is 3.49. The van der Waals surface area contributed by atoms with Crippen LogP contribution in [0.5, 0.6) is 0 Å². The third kappa shape index (κ3) is 3.15. The van der Waals surface area contributed by atoms with Crippen molar-refractivity contribution in [2.24, 2.45) is 0 Å². The summed E-state index contributed by atoms with van der Waals surface area (Å²) in [6, 6.07) is 0.383. The Labute approximate surface area is 116 Å². The zero-order chi connectivity index (χ0) is 14.5. The summed E-state index contributed by atoms with van der Waals surface area (Å²) < 4.78 is 1.20. The molecular formula is C10H11N5O4S. The number of fused-ring (bicyclic) bond motifs is 1. The number of hydrogen-bond donors (Lipinski definition) is 3. The number of carboxylic acids is 1. The molecule has 9 nitrogen and oxygen atoms in total. The predicted octanol–water partition coefficient (Wildman–Crippen LogP) is -1.15. The van der Waals surface area contributed by atoms with E-state index in [2.05, 4.69) is 20.4 Å². The lowest BCUT2D eigenvalue weighted by molar-refractivity contribution is -0.139. The van der Waals surface area contributed by atoms with Crippen LogP contribution in [0.2, 0.25) is 0 Å². The van der Waals surface area contributed by atoms with Gasteiger partial charge in [0.05, 0.1) is 5.69 Å². The number of aliphatic carboxylic acids is 1. The van der Waals surface area contributed by atoms with Gasteiger partial charge in [0.1, 0.15) is 12.4 Å². The number of nitrogens with zero attached hydrogens (tertiary/aromatic N) is 3. The van der Waals surface area contributed by atoms with Gasteiger partial charge >= 0.3 is 5.97 Å². The minimum Gasteiger partial charge on any atom is -0.480 e. The molecule has 0 aliphatic carbocycles. The van der Waals surface area contributed by atoms with Crippen LogP contribution >= 0.6 is 11.8 Å². The minimum atomic E-state index is -1.11. The number of nitrogens with one attached hydrogen (secondary N) is 2. The second-order valence-electron chi connectivity index (χ2n) is 3.80. The summed E-state index contributed by atoms with van der Waals surface area (Å²) in [6.07, 6.45) is 1.70. The van der Waals surface area contributed by atoms with E-state index in [0.29, 0.717) is 17.9 Å². The van der Waals surface area contributed by atoms with Gasteiger partial charge < -0.3 is 10.4 Å². The Kier molecular flexibility index (Phi) is 4.35. The largest absolute Gasteiger partial charge is 0.480 e. The lowest BCUT2D eigenvalue weighted by Crippen LogP contribution is -2.37. The second-order valence-corrected chi connectivity index (χ2v) is 4.83. The topological polar surface area (TPSA) is 129 Å². The van der Waals surface area contributed by atoms with Crippen LogP contribution in [0.4, 0.5) is 0 Å². The maximum Gasteiger partial charge on any atom is 0.327 e.